The molecule has 0 aliphatic rings. The molecule has 0 spiro atoms. The van der Waals surface area contributed by atoms with Crippen LogP contribution in [0.3, 0.4) is 0 Å². The summed E-state index contributed by atoms with van der Waals surface area (Å²) >= 11 is 0. The predicted molar refractivity (Wildman–Crippen MR) is 98.0 cm³/mol. The molecule has 0 saturated heterocycles. The minimum absolute atomic E-state index is 0.162. The molecule has 0 atom stereocenters. The quantitative estimate of drug-likeness (QED) is 0.478. The Balaban J connectivity index is 5.85. The van der Waals surface area contributed by atoms with Crippen molar-refractivity contribution in [2.24, 2.45) is 0 Å². The third-order valence-corrected chi connectivity index (χ3v) is 4.92. The maximum atomic E-state index is 12.8. The average Bonchev–Trinajstić information content (AvgIpc) is 2.51. The van der Waals surface area contributed by atoms with Crippen LogP contribution >= 0.6 is 7.82 Å². The molecule has 0 aromatic carbocycles. The van der Waals surface area contributed by atoms with Crippen LogP contribution in [0, 0.1) is 0 Å². The molecule has 8 heteroatoms. The van der Waals surface area contributed by atoms with Gasteiger partial charge < -0.3 is 13.6 Å². The lowest BCUT2D eigenvalue weighted by molar-refractivity contribution is -0.139. The van der Waals surface area contributed by atoms with Crippen molar-refractivity contribution >= 4 is 25.7 Å². The van der Waals surface area contributed by atoms with Crippen molar-refractivity contribution in [2.45, 2.75) is 62.3 Å². The second kappa shape index (κ2) is 9.53. The predicted octanol–water partition coefficient (Wildman–Crippen LogP) is 4.79. The van der Waals surface area contributed by atoms with Gasteiger partial charge in [-0.25, -0.2) is 14.4 Å². The van der Waals surface area contributed by atoms with E-state index in [2.05, 4.69) is 0 Å². The molecular formula is C18H27O7P. The Hall–Kier alpha value is -2.14. The maximum absolute atomic E-state index is 12.8. The van der Waals surface area contributed by atoms with Gasteiger partial charge in [0.05, 0.1) is 0 Å². The summed E-state index contributed by atoms with van der Waals surface area (Å²) in [6, 6.07) is 0. The van der Waals surface area contributed by atoms with Crippen LogP contribution in [0.15, 0.2) is 33.4 Å². The van der Waals surface area contributed by atoms with Crippen LogP contribution in [0.1, 0.15) is 62.3 Å². The molecule has 146 valence electrons. The number of phosphoric acid groups is 1. The van der Waals surface area contributed by atoms with Crippen molar-refractivity contribution in [3.63, 3.8) is 0 Å². The summed E-state index contributed by atoms with van der Waals surface area (Å²) in [6.07, 6.45) is 0. The zero-order valence-electron chi connectivity index (χ0n) is 16.8. The van der Waals surface area contributed by atoms with Gasteiger partial charge in [-0.1, -0.05) is 16.7 Å². The molecule has 0 aromatic rings. The zero-order valence-corrected chi connectivity index (χ0v) is 17.7. The fraction of sp³-hybridized carbons (Fsp3) is 0.500. The van der Waals surface area contributed by atoms with Gasteiger partial charge in [0.15, 0.2) is 0 Å². The van der Waals surface area contributed by atoms with Gasteiger partial charge in [-0.15, -0.1) is 0 Å². The van der Waals surface area contributed by atoms with E-state index >= 15 is 0 Å². The standard InChI is InChI=1S/C18H27O7P/c1-10(2)13(7)16(19)23-26(22,24-17(20)14(8)11(3)4)25-18(21)15(9)12(5)6/h1-9H3. The summed E-state index contributed by atoms with van der Waals surface area (Å²) in [5.74, 6) is -3.00. The highest BCUT2D eigenvalue weighted by Gasteiger charge is 2.40. The van der Waals surface area contributed by atoms with Crippen molar-refractivity contribution in [1.82, 2.24) is 0 Å². The molecule has 0 unspecified atom stereocenters. The largest absolute Gasteiger partial charge is 0.654 e. The topological polar surface area (TPSA) is 96.0 Å². The number of rotatable bonds is 6. The Kier molecular flexibility index (Phi) is 8.74. The first-order chi connectivity index (χ1) is 11.7. The lowest BCUT2D eigenvalue weighted by Crippen LogP contribution is -2.16. The average molecular weight is 386 g/mol. The van der Waals surface area contributed by atoms with Gasteiger partial charge in [-0.2, -0.15) is 4.57 Å². The lowest BCUT2D eigenvalue weighted by atomic mass is 10.2. The van der Waals surface area contributed by atoms with Crippen molar-refractivity contribution < 1.29 is 32.5 Å². The van der Waals surface area contributed by atoms with Gasteiger partial charge in [-0.3, -0.25) is 0 Å². The summed E-state index contributed by atoms with van der Waals surface area (Å²) in [7, 11) is -4.82. The Bertz CT molecular complexity index is 642. The molecule has 7 nitrogen and oxygen atoms in total. The van der Waals surface area contributed by atoms with E-state index in [9.17, 15) is 18.9 Å². The van der Waals surface area contributed by atoms with Crippen LogP contribution in [0.2, 0.25) is 0 Å². The summed E-state index contributed by atoms with van der Waals surface area (Å²) in [4.78, 5) is 36.3. The van der Waals surface area contributed by atoms with Crippen LogP contribution in [-0.4, -0.2) is 17.9 Å². The normalized spacial score (nSPS) is 10.3. The smallest absolute Gasteiger partial charge is 0.348 e. The lowest BCUT2D eigenvalue weighted by Gasteiger charge is -2.18. The maximum Gasteiger partial charge on any atom is 0.654 e. The van der Waals surface area contributed by atoms with E-state index in [1.54, 1.807) is 41.5 Å². The molecule has 0 aliphatic heterocycles. The molecule has 0 bridgehead atoms. The van der Waals surface area contributed by atoms with E-state index in [0.717, 1.165) is 0 Å². The highest BCUT2D eigenvalue weighted by molar-refractivity contribution is 7.50. The summed E-state index contributed by atoms with van der Waals surface area (Å²) in [5.41, 5.74) is 2.32. The molecule has 0 rings (SSSR count). The third-order valence-electron chi connectivity index (χ3n) is 3.75. The molecule has 0 aromatic heterocycles. The minimum Gasteiger partial charge on any atom is -0.348 e. The van der Waals surface area contributed by atoms with E-state index in [0.29, 0.717) is 16.7 Å². The zero-order chi connectivity index (χ0) is 20.8. The molecule has 0 heterocycles. The van der Waals surface area contributed by atoms with Gasteiger partial charge in [0.2, 0.25) is 0 Å². The fourth-order valence-corrected chi connectivity index (χ4v) is 2.31. The minimum atomic E-state index is -4.82. The third kappa shape index (κ3) is 7.00. The number of hydrogen-bond donors (Lipinski definition) is 0. The fourth-order valence-electron chi connectivity index (χ4n) is 1.18. The number of hydrogen-bond acceptors (Lipinski definition) is 7. The Morgan fingerprint density at radius 1 is 0.500 bits per heavy atom. The Morgan fingerprint density at radius 2 is 0.692 bits per heavy atom. The van der Waals surface area contributed by atoms with Crippen molar-refractivity contribution in [2.75, 3.05) is 0 Å². The SMILES string of the molecule is CC(C)=C(C)C(=O)OP(=O)(OC(=O)C(C)=C(C)C)OC(=O)C(C)=C(C)C. The van der Waals surface area contributed by atoms with Gasteiger partial charge in [0.25, 0.3) is 0 Å². The molecule has 0 fully saturated rings. The van der Waals surface area contributed by atoms with E-state index in [1.165, 1.54) is 20.8 Å². The summed E-state index contributed by atoms with van der Waals surface area (Å²) in [6.45, 7) is 14.3. The van der Waals surface area contributed by atoms with Crippen molar-refractivity contribution in [3.05, 3.63) is 33.4 Å². The Labute approximate surface area is 154 Å². The highest BCUT2D eigenvalue weighted by Crippen LogP contribution is 2.51. The molecule has 0 saturated carbocycles. The van der Waals surface area contributed by atoms with Gasteiger partial charge in [-0.05, 0) is 62.3 Å². The van der Waals surface area contributed by atoms with Crippen LogP contribution < -0.4 is 0 Å². The second-order valence-corrected chi connectivity index (χ2v) is 7.90. The second-order valence-electron chi connectivity index (χ2n) is 6.46. The molecule has 0 amide bonds. The van der Waals surface area contributed by atoms with E-state index < -0.39 is 25.7 Å². The molecule has 0 aliphatic carbocycles. The van der Waals surface area contributed by atoms with E-state index in [4.69, 9.17) is 13.6 Å². The van der Waals surface area contributed by atoms with Crippen LogP contribution in [0.5, 0.6) is 0 Å². The summed E-state index contributed by atoms with van der Waals surface area (Å²) in [5, 5.41) is 0. The molecule has 0 N–H and O–H groups in total. The molecule has 0 radical (unpaired) electrons. The monoisotopic (exact) mass is 386 g/mol. The Morgan fingerprint density at radius 3 is 0.846 bits per heavy atom. The van der Waals surface area contributed by atoms with Gasteiger partial charge >= 0.3 is 25.7 Å². The van der Waals surface area contributed by atoms with Gasteiger partial charge in [0, 0.05) is 16.7 Å². The first kappa shape index (κ1) is 23.9. The van der Waals surface area contributed by atoms with Crippen LogP contribution in [-0.2, 0) is 32.5 Å². The van der Waals surface area contributed by atoms with E-state index in [1.807, 2.05) is 0 Å². The van der Waals surface area contributed by atoms with Crippen molar-refractivity contribution in [1.29, 1.82) is 0 Å². The van der Waals surface area contributed by atoms with Crippen LogP contribution in [0.25, 0.3) is 0 Å². The number of carbonyl (C=O) groups excluding carboxylic acids is 3. The van der Waals surface area contributed by atoms with Crippen LogP contribution in [0.4, 0.5) is 0 Å². The summed E-state index contributed by atoms with van der Waals surface area (Å²) < 4.78 is 27.2. The highest BCUT2D eigenvalue weighted by atomic mass is 31.2. The number of phosphoric ester groups is 1. The number of allylic oxidation sites excluding steroid dienone is 3. The van der Waals surface area contributed by atoms with E-state index in [-0.39, 0.29) is 16.7 Å². The van der Waals surface area contributed by atoms with Gasteiger partial charge in [0.1, 0.15) is 0 Å². The number of carbonyl (C=O) groups is 3. The van der Waals surface area contributed by atoms with Crippen molar-refractivity contribution in [3.8, 4) is 0 Å². The molecular weight excluding hydrogens is 359 g/mol. The first-order valence-electron chi connectivity index (χ1n) is 7.96. The molecule has 26 heavy (non-hydrogen) atoms. The first-order valence-corrected chi connectivity index (χ1v) is 9.42.